The van der Waals surface area contributed by atoms with Gasteiger partial charge in [0.1, 0.15) is 0 Å². The zero-order valence-electron chi connectivity index (χ0n) is 13.2. The highest BCUT2D eigenvalue weighted by molar-refractivity contribution is 5.90. The van der Waals surface area contributed by atoms with E-state index in [1.54, 1.807) is 0 Å². The lowest BCUT2D eigenvalue weighted by molar-refractivity contribution is -0.117. The number of amides is 1. The molecule has 1 aromatic rings. The third-order valence-corrected chi connectivity index (χ3v) is 3.26. The summed E-state index contributed by atoms with van der Waals surface area (Å²) in [6, 6.07) is 0. The van der Waals surface area contributed by atoms with Crippen LogP contribution in [0.15, 0.2) is 0 Å². The molecular weight excluding hydrogens is 254 g/mol. The summed E-state index contributed by atoms with van der Waals surface area (Å²) in [6.07, 6.45) is 2.45. The van der Waals surface area contributed by atoms with Crippen molar-refractivity contribution in [2.75, 3.05) is 11.9 Å². The summed E-state index contributed by atoms with van der Waals surface area (Å²) in [4.78, 5) is 11.8. The van der Waals surface area contributed by atoms with Crippen molar-refractivity contribution in [2.24, 2.45) is 5.92 Å². The number of anilines is 1. The van der Waals surface area contributed by atoms with E-state index < -0.39 is 0 Å². The van der Waals surface area contributed by atoms with Crippen LogP contribution in [0.3, 0.4) is 0 Å². The van der Waals surface area contributed by atoms with Crippen LogP contribution >= 0.6 is 0 Å². The molecule has 0 fully saturated rings. The van der Waals surface area contributed by atoms with Gasteiger partial charge in [-0.25, -0.2) is 0 Å². The largest absolute Gasteiger partial charge is 0.378 e. The molecule has 0 aliphatic heterocycles. The van der Waals surface area contributed by atoms with Gasteiger partial charge < -0.3 is 10.1 Å². The maximum absolute atomic E-state index is 11.8. The number of carbonyl (C=O) groups excluding carboxylic acids is 1. The average molecular weight is 281 g/mol. The van der Waals surface area contributed by atoms with E-state index in [0.717, 1.165) is 24.1 Å². The van der Waals surface area contributed by atoms with Gasteiger partial charge in [-0.2, -0.15) is 5.10 Å². The minimum absolute atomic E-state index is 0.0565. The Balaban J connectivity index is 2.31. The number of H-pyrrole nitrogens is 1. The molecule has 2 N–H and O–H groups in total. The van der Waals surface area contributed by atoms with E-state index >= 15 is 0 Å². The summed E-state index contributed by atoms with van der Waals surface area (Å²) in [5.41, 5.74) is 2.07. The number of ether oxygens (including phenoxy) is 1. The minimum Gasteiger partial charge on any atom is -0.378 e. The van der Waals surface area contributed by atoms with Crippen LogP contribution in [0, 0.1) is 12.8 Å². The molecule has 0 saturated heterocycles. The van der Waals surface area contributed by atoms with Crippen LogP contribution in [0.5, 0.6) is 0 Å². The number of rotatable bonds is 8. The zero-order chi connectivity index (χ0) is 15.1. The van der Waals surface area contributed by atoms with Crippen molar-refractivity contribution in [2.45, 2.75) is 60.0 Å². The van der Waals surface area contributed by atoms with Crippen molar-refractivity contribution in [3.8, 4) is 0 Å². The highest BCUT2D eigenvalue weighted by Gasteiger charge is 2.11. The number of carbonyl (C=O) groups is 1. The minimum atomic E-state index is -0.0565. The van der Waals surface area contributed by atoms with Crippen LogP contribution < -0.4 is 5.32 Å². The molecule has 0 spiro atoms. The second-order valence-corrected chi connectivity index (χ2v) is 5.64. The van der Waals surface area contributed by atoms with Gasteiger partial charge in [0.25, 0.3) is 0 Å². The molecule has 1 heterocycles. The van der Waals surface area contributed by atoms with Crippen molar-refractivity contribution >= 4 is 11.7 Å². The molecule has 5 heteroatoms. The molecule has 0 aliphatic rings. The molecule has 1 aromatic heterocycles. The monoisotopic (exact) mass is 281 g/mol. The van der Waals surface area contributed by atoms with E-state index in [1.807, 2.05) is 13.8 Å². The average Bonchev–Trinajstić information content (AvgIpc) is 2.69. The third-order valence-electron chi connectivity index (χ3n) is 3.26. The Morgan fingerprint density at radius 3 is 2.65 bits per heavy atom. The van der Waals surface area contributed by atoms with Gasteiger partial charge >= 0.3 is 0 Å². The summed E-state index contributed by atoms with van der Waals surface area (Å²) in [5, 5.41) is 9.86. The van der Waals surface area contributed by atoms with Crippen LogP contribution in [-0.4, -0.2) is 28.8 Å². The smallest absolute Gasteiger partial charge is 0.227 e. The highest BCUT2D eigenvalue weighted by atomic mass is 16.5. The fraction of sp³-hybridized carbons (Fsp3) is 0.733. The van der Waals surface area contributed by atoms with E-state index in [0.29, 0.717) is 24.8 Å². The Hall–Kier alpha value is -1.36. The Morgan fingerprint density at radius 1 is 1.40 bits per heavy atom. The Bertz CT molecular complexity index is 427. The number of aromatic nitrogens is 2. The molecule has 1 amide bonds. The lowest BCUT2D eigenvalue weighted by Gasteiger charge is -2.14. The predicted octanol–water partition coefficient (Wildman–Crippen LogP) is 3.06. The lowest BCUT2D eigenvalue weighted by atomic mass is 10.1. The first-order valence-electron chi connectivity index (χ1n) is 7.39. The van der Waals surface area contributed by atoms with Crippen molar-refractivity contribution < 1.29 is 9.53 Å². The van der Waals surface area contributed by atoms with Crippen LogP contribution in [0.4, 0.5) is 5.82 Å². The molecule has 0 unspecified atom stereocenters. The maximum atomic E-state index is 11.8. The van der Waals surface area contributed by atoms with E-state index in [4.69, 9.17) is 4.74 Å². The third kappa shape index (κ3) is 5.33. The highest BCUT2D eigenvalue weighted by Crippen LogP contribution is 2.15. The maximum Gasteiger partial charge on any atom is 0.227 e. The molecule has 0 saturated carbocycles. The summed E-state index contributed by atoms with van der Waals surface area (Å²) in [6.45, 7) is 10.8. The summed E-state index contributed by atoms with van der Waals surface area (Å²) in [5.74, 6) is 1.18. The number of nitrogens with zero attached hydrogens (tertiary/aromatic N) is 1. The Morgan fingerprint density at radius 2 is 2.10 bits per heavy atom. The van der Waals surface area contributed by atoms with E-state index in [9.17, 15) is 4.79 Å². The van der Waals surface area contributed by atoms with E-state index in [2.05, 4.69) is 36.3 Å². The number of aromatic amines is 1. The summed E-state index contributed by atoms with van der Waals surface area (Å²) >= 11 is 0. The molecule has 5 nitrogen and oxygen atoms in total. The molecule has 0 aliphatic carbocycles. The van der Waals surface area contributed by atoms with Crippen LogP contribution in [0.1, 0.15) is 51.8 Å². The first kappa shape index (κ1) is 16.7. The first-order valence-corrected chi connectivity index (χ1v) is 7.39. The molecule has 0 aromatic carbocycles. The second kappa shape index (κ2) is 8.04. The van der Waals surface area contributed by atoms with Gasteiger partial charge in [0.15, 0.2) is 5.82 Å². The van der Waals surface area contributed by atoms with Crippen LogP contribution in [0.25, 0.3) is 0 Å². The molecule has 0 bridgehead atoms. The molecule has 114 valence electrons. The van der Waals surface area contributed by atoms with Crippen molar-refractivity contribution in [3.63, 3.8) is 0 Å². The number of hydrogen-bond acceptors (Lipinski definition) is 3. The van der Waals surface area contributed by atoms with Gasteiger partial charge in [-0.1, -0.05) is 20.8 Å². The number of hydrogen-bond donors (Lipinski definition) is 2. The van der Waals surface area contributed by atoms with Crippen LogP contribution in [-0.2, 0) is 16.0 Å². The standard InChI is InChI=1S/C15H27N3O2/c1-6-13-12(5)15(18-17-13)16-14(19)7-8-20-11(4)9-10(2)3/h10-11H,6-9H2,1-5H3,(H2,16,17,18,19)/t11-/m1/s1. The molecule has 1 atom stereocenters. The molecule has 20 heavy (non-hydrogen) atoms. The second-order valence-electron chi connectivity index (χ2n) is 5.64. The molecule has 1 rings (SSSR count). The number of aryl methyl sites for hydroxylation is 1. The Kier molecular flexibility index (Phi) is 6.71. The quantitative estimate of drug-likeness (QED) is 0.769. The fourth-order valence-electron chi connectivity index (χ4n) is 2.18. The normalized spacial score (nSPS) is 12.7. The lowest BCUT2D eigenvalue weighted by Crippen LogP contribution is -2.18. The van der Waals surface area contributed by atoms with Crippen molar-refractivity contribution in [3.05, 3.63) is 11.3 Å². The van der Waals surface area contributed by atoms with Gasteiger partial charge in [0, 0.05) is 11.3 Å². The summed E-state index contributed by atoms with van der Waals surface area (Å²) < 4.78 is 5.63. The topological polar surface area (TPSA) is 67.0 Å². The van der Waals surface area contributed by atoms with Gasteiger partial charge in [-0.15, -0.1) is 0 Å². The van der Waals surface area contributed by atoms with Gasteiger partial charge in [0.2, 0.25) is 5.91 Å². The van der Waals surface area contributed by atoms with E-state index in [-0.39, 0.29) is 12.0 Å². The van der Waals surface area contributed by atoms with Gasteiger partial charge in [-0.05, 0) is 32.6 Å². The first-order chi connectivity index (χ1) is 9.43. The van der Waals surface area contributed by atoms with Crippen molar-refractivity contribution in [1.82, 2.24) is 10.2 Å². The van der Waals surface area contributed by atoms with Crippen molar-refractivity contribution in [1.29, 1.82) is 0 Å². The molecular formula is C15H27N3O2. The predicted molar refractivity (Wildman–Crippen MR) is 80.8 cm³/mol. The molecule has 0 radical (unpaired) electrons. The van der Waals surface area contributed by atoms with Crippen LogP contribution in [0.2, 0.25) is 0 Å². The zero-order valence-corrected chi connectivity index (χ0v) is 13.2. The van der Waals surface area contributed by atoms with Gasteiger partial charge in [-0.3, -0.25) is 9.89 Å². The number of nitrogens with one attached hydrogen (secondary N) is 2. The summed E-state index contributed by atoms with van der Waals surface area (Å²) in [7, 11) is 0. The fourth-order valence-corrected chi connectivity index (χ4v) is 2.18. The Labute approximate surface area is 121 Å². The van der Waals surface area contributed by atoms with E-state index in [1.165, 1.54) is 0 Å². The van der Waals surface area contributed by atoms with Gasteiger partial charge in [0.05, 0.1) is 19.1 Å². The SMILES string of the molecule is CCc1[nH]nc(NC(=O)CCO[C@H](C)CC(C)C)c1C.